The van der Waals surface area contributed by atoms with Gasteiger partial charge in [-0.25, -0.2) is 9.97 Å². The van der Waals surface area contributed by atoms with Gasteiger partial charge in [-0.3, -0.25) is 10.1 Å². The maximum Gasteiger partial charge on any atom is 0.311 e. The number of thiazole rings is 1. The van der Waals surface area contributed by atoms with E-state index in [0.717, 1.165) is 5.01 Å². The van der Waals surface area contributed by atoms with Crippen molar-refractivity contribution in [2.24, 2.45) is 0 Å². The Hall–Kier alpha value is -2.22. The minimum Gasteiger partial charge on any atom is -0.378 e. The average Bonchev–Trinajstić information content (AvgIpc) is 2.78. The van der Waals surface area contributed by atoms with Crippen LogP contribution in [0.4, 0.5) is 17.3 Å². The highest BCUT2D eigenvalue weighted by Gasteiger charge is 2.12. The van der Waals surface area contributed by atoms with E-state index in [2.05, 4.69) is 15.3 Å². The second-order valence-electron chi connectivity index (χ2n) is 3.14. The van der Waals surface area contributed by atoms with Crippen LogP contribution in [0.5, 0.6) is 0 Å². The smallest absolute Gasteiger partial charge is 0.311 e. The van der Waals surface area contributed by atoms with Crippen LogP contribution in [0.25, 0.3) is 0 Å². The minimum atomic E-state index is -0.563. The molecule has 0 spiro atoms. The molecule has 0 saturated carbocycles. The molecular formula is C9H9N5O2S. The number of pyridine rings is 1. The second kappa shape index (κ2) is 4.74. The minimum absolute atomic E-state index is 0.0980. The van der Waals surface area contributed by atoms with Crippen molar-refractivity contribution in [1.29, 1.82) is 0 Å². The summed E-state index contributed by atoms with van der Waals surface area (Å²) < 4.78 is 0. The summed E-state index contributed by atoms with van der Waals surface area (Å²) in [6, 6.07) is 2.84. The summed E-state index contributed by atoms with van der Waals surface area (Å²) in [4.78, 5) is 18.0. The first kappa shape index (κ1) is 11.3. The van der Waals surface area contributed by atoms with Crippen LogP contribution in [-0.2, 0) is 6.54 Å². The van der Waals surface area contributed by atoms with Crippen LogP contribution in [0.2, 0.25) is 0 Å². The molecule has 0 aliphatic carbocycles. The molecule has 3 N–H and O–H groups in total. The standard InChI is InChI=1S/C9H9N5O2S/c10-9-6(14(15)16)1-2-7(13-9)12-5-8-11-3-4-17-8/h1-4H,5H2,(H3,10,12,13). The quantitative estimate of drug-likeness (QED) is 0.631. The molecule has 0 aliphatic rings. The van der Waals surface area contributed by atoms with Crippen molar-refractivity contribution < 1.29 is 4.92 Å². The molecule has 17 heavy (non-hydrogen) atoms. The zero-order valence-electron chi connectivity index (χ0n) is 8.66. The number of aromatic nitrogens is 2. The van der Waals surface area contributed by atoms with Gasteiger partial charge in [-0.15, -0.1) is 11.3 Å². The van der Waals surface area contributed by atoms with E-state index in [9.17, 15) is 10.1 Å². The average molecular weight is 251 g/mol. The molecule has 2 aromatic rings. The Labute approximate surface area is 100 Å². The van der Waals surface area contributed by atoms with Crippen molar-refractivity contribution in [3.63, 3.8) is 0 Å². The van der Waals surface area contributed by atoms with Crippen molar-refractivity contribution in [3.05, 3.63) is 38.8 Å². The zero-order valence-corrected chi connectivity index (χ0v) is 9.48. The third-order valence-corrected chi connectivity index (χ3v) is 2.78. The van der Waals surface area contributed by atoms with E-state index in [1.54, 1.807) is 6.20 Å². The van der Waals surface area contributed by atoms with E-state index in [1.807, 2.05) is 5.38 Å². The molecule has 0 aromatic carbocycles. The molecule has 7 nitrogen and oxygen atoms in total. The van der Waals surface area contributed by atoms with E-state index in [-0.39, 0.29) is 11.5 Å². The predicted octanol–water partition coefficient (Wildman–Crippen LogP) is 1.64. The van der Waals surface area contributed by atoms with Crippen molar-refractivity contribution in [2.45, 2.75) is 6.54 Å². The number of nitrogens with one attached hydrogen (secondary N) is 1. The fourth-order valence-electron chi connectivity index (χ4n) is 1.23. The predicted molar refractivity (Wildman–Crippen MR) is 64.7 cm³/mol. The molecule has 0 amide bonds. The van der Waals surface area contributed by atoms with Crippen LogP contribution in [0.15, 0.2) is 23.7 Å². The summed E-state index contributed by atoms with van der Waals surface area (Å²) in [6.45, 7) is 0.516. The van der Waals surface area contributed by atoms with Crippen LogP contribution in [0.3, 0.4) is 0 Å². The van der Waals surface area contributed by atoms with Gasteiger partial charge in [0.1, 0.15) is 10.8 Å². The Morgan fingerprint density at radius 2 is 2.35 bits per heavy atom. The zero-order chi connectivity index (χ0) is 12.3. The SMILES string of the molecule is Nc1nc(NCc2nccs2)ccc1[N+](=O)[O-]. The summed E-state index contributed by atoms with van der Waals surface area (Å²) >= 11 is 1.51. The van der Waals surface area contributed by atoms with Crippen molar-refractivity contribution in [1.82, 2.24) is 9.97 Å². The lowest BCUT2D eigenvalue weighted by Crippen LogP contribution is -2.04. The third-order valence-electron chi connectivity index (χ3n) is 2.00. The van der Waals surface area contributed by atoms with Gasteiger partial charge in [0, 0.05) is 17.6 Å². The Balaban J connectivity index is 2.07. The van der Waals surface area contributed by atoms with Crippen LogP contribution < -0.4 is 11.1 Å². The third kappa shape index (κ3) is 2.67. The molecule has 0 saturated heterocycles. The molecule has 0 aliphatic heterocycles. The molecule has 2 rings (SSSR count). The molecule has 0 fully saturated rings. The summed E-state index contributed by atoms with van der Waals surface area (Å²) in [5, 5.41) is 16.3. The van der Waals surface area contributed by atoms with Gasteiger partial charge in [0.15, 0.2) is 0 Å². The van der Waals surface area contributed by atoms with Crippen molar-refractivity contribution in [3.8, 4) is 0 Å². The van der Waals surface area contributed by atoms with Gasteiger partial charge in [0.25, 0.3) is 0 Å². The molecule has 8 heteroatoms. The largest absolute Gasteiger partial charge is 0.378 e. The normalized spacial score (nSPS) is 10.1. The van der Waals surface area contributed by atoms with Gasteiger partial charge >= 0.3 is 5.69 Å². The fraction of sp³-hybridized carbons (Fsp3) is 0.111. The molecule has 0 unspecified atom stereocenters. The lowest BCUT2D eigenvalue weighted by molar-refractivity contribution is -0.384. The molecule has 0 bridgehead atoms. The maximum absolute atomic E-state index is 10.5. The maximum atomic E-state index is 10.5. The van der Waals surface area contributed by atoms with E-state index >= 15 is 0 Å². The number of rotatable bonds is 4. The summed E-state index contributed by atoms with van der Waals surface area (Å²) in [6.07, 6.45) is 1.71. The van der Waals surface area contributed by atoms with Crippen LogP contribution in [0.1, 0.15) is 5.01 Å². The first-order valence-electron chi connectivity index (χ1n) is 4.70. The van der Waals surface area contributed by atoms with Gasteiger partial charge < -0.3 is 11.1 Å². The first-order valence-corrected chi connectivity index (χ1v) is 5.58. The highest BCUT2D eigenvalue weighted by molar-refractivity contribution is 7.09. The highest BCUT2D eigenvalue weighted by Crippen LogP contribution is 2.21. The van der Waals surface area contributed by atoms with Crippen LogP contribution in [0, 0.1) is 10.1 Å². The number of anilines is 2. The van der Waals surface area contributed by atoms with Gasteiger partial charge in [0.05, 0.1) is 11.5 Å². The molecule has 2 aromatic heterocycles. The molecule has 0 atom stereocenters. The summed E-state index contributed by atoms with van der Waals surface area (Å²) in [7, 11) is 0. The summed E-state index contributed by atoms with van der Waals surface area (Å²) in [5.74, 6) is 0.391. The molecule has 88 valence electrons. The van der Waals surface area contributed by atoms with Gasteiger partial charge in [-0.05, 0) is 6.07 Å². The van der Waals surface area contributed by atoms with Crippen molar-refractivity contribution in [2.75, 3.05) is 11.1 Å². The fourth-order valence-corrected chi connectivity index (χ4v) is 1.78. The lowest BCUT2D eigenvalue weighted by Gasteiger charge is -2.04. The van der Waals surface area contributed by atoms with E-state index in [4.69, 9.17) is 5.73 Å². The monoisotopic (exact) mass is 251 g/mol. The number of nitrogens with zero attached hydrogens (tertiary/aromatic N) is 3. The Kier molecular flexibility index (Phi) is 3.15. The number of hydrogen-bond donors (Lipinski definition) is 2. The summed E-state index contributed by atoms with van der Waals surface area (Å²) in [5.41, 5.74) is 5.28. The number of nitrogens with two attached hydrogens (primary N) is 1. The van der Waals surface area contributed by atoms with E-state index in [0.29, 0.717) is 12.4 Å². The van der Waals surface area contributed by atoms with E-state index < -0.39 is 4.92 Å². The first-order chi connectivity index (χ1) is 8.16. The Morgan fingerprint density at radius 1 is 1.53 bits per heavy atom. The Bertz CT molecular complexity index is 528. The topological polar surface area (TPSA) is 107 Å². The number of nitro groups is 1. The molecule has 2 heterocycles. The van der Waals surface area contributed by atoms with Crippen LogP contribution in [-0.4, -0.2) is 14.9 Å². The van der Waals surface area contributed by atoms with Crippen LogP contribution >= 0.6 is 11.3 Å². The second-order valence-corrected chi connectivity index (χ2v) is 4.12. The number of hydrogen-bond acceptors (Lipinski definition) is 7. The van der Waals surface area contributed by atoms with E-state index in [1.165, 1.54) is 23.5 Å². The van der Waals surface area contributed by atoms with Gasteiger partial charge in [0.2, 0.25) is 5.82 Å². The number of nitrogen functional groups attached to an aromatic ring is 1. The lowest BCUT2D eigenvalue weighted by atomic mass is 10.4. The Morgan fingerprint density at radius 3 is 2.94 bits per heavy atom. The molecular weight excluding hydrogens is 242 g/mol. The van der Waals surface area contributed by atoms with Gasteiger partial charge in [-0.2, -0.15) is 0 Å². The van der Waals surface area contributed by atoms with Gasteiger partial charge in [-0.1, -0.05) is 0 Å². The molecule has 0 radical (unpaired) electrons. The highest BCUT2D eigenvalue weighted by atomic mass is 32.1. The van der Waals surface area contributed by atoms with Crippen molar-refractivity contribution >= 4 is 28.7 Å².